The number of hydrogen-bond donors (Lipinski definition) is 1. The molecule has 210 valence electrons. The van der Waals surface area contributed by atoms with Gasteiger partial charge < -0.3 is 14.8 Å². The van der Waals surface area contributed by atoms with Crippen molar-refractivity contribution < 1.29 is 14.3 Å². The second-order valence-electron chi connectivity index (χ2n) is 12.1. The fraction of sp³-hybridized carbons (Fsp3) is 0.613. The van der Waals surface area contributed by atoms with Crippen LogP contribution in [0.25, 0.3) is 11.3 Å². The summed E-state index contributed by atoms with van der Waals surface area (Å²) in [5.41, 5.74) is 1.84. The molecule has 2 aromatic rings. The van der Waals surface area contributed by atoms with E-state index < -0.39 is 11.0 Å². The van der Waals surface area contributed by atoms with Crippen LogP contribution in [0.15, 0.2) is 30.5 Å². The summed E-state index contributed by atoms with van der Waals surface area (Å²) in [6.45, 7) is 7.51. The molecule has 0 aromatic carbocycles. The van der Waals surface area contributed by atoms with Crippen molar-refractivity contribution in [3.8, 4) is 17.3 Å². The fourth-order valence-corrected chi connectivity index (χ4v) is 5.76. The van der Waals surface area contributed by atoms with Gasteiger partial charge in [-0.05, 0) is 89.3 Å². The van der Waals surface area contributed by atoms with E-state index in [9.17, 15) is 10.1 Å². The Bertz CT molecular complexity index is 1160. The Labute approximate surface area is 237 Å². The summed E-state index contributed by atoms with van der Waals surface area (Å²) >= 11 is 6.57. The van der Waals surface area contributed by atoms with E-state index in [1.807, 2.05) is 39.0 Å². The first-order valence-electron chi connectivity index (χ1n) is 14.2. The fourth-order valence-electron chi connectivity index (χ4n) is 5.56. The summed E-state index contributed by atoms with van der Waals surface area (Å²) in [4.78, 5) is 21.5. The van der Waals surface area contributed by atoms with Crippen LogP contribution in [0.4, 0.5) is 5.82 Å². The standard InChI is InChI=1S/C31H41ClN4O3/c1-30(2,3)39-29(37)12-11-22-7-9-23(10-8-22)17-24-18-25(26(32)19-34-24)27-5-4-6-28(36-27)35-21-31(20-33)13-15-38-16-14-31/h4-6,18-19,22-23H,7-17,21H2,1-3H3,(H,35,36). The van der Waals surface area contributed by atoms with Gasteiger partial charge in [-0.15, -0.1) is 0 Å². The largest absolute Gasteiger partial charge is 0.460 e. The van der Waals surface area contributed by atoms with Crippen molar-refractivity contribution in [2.24, 2.45) is 17.3 Å². The summed E-state index contributed by atoms with van der Waals surface area (Å²) in [6, 6.07) is 10.4. The van der Waals surface area contributed by atoms with Crippen molar-refractivity contribution in [3.63, 3.8) is 0 Å². The maximum absolute atomic E-state index is 12.1. The van der Waals surface area contributed by atoms with Crippen molar-refractivity contribution in [2.75, 3.05) is 25.1 Å². The van der Waals surface area contributed by atoms with Crippen molar-refractivity contribution in [1.29, 1.82) is 5.26 Å². The number of esters is 1. The molecule has 0 atom stereocenters. The highest BCUT2D eigenvalue weighted by molar-refractivity contribution is 6.33. The lowest BCUT2D eigenvalue weighted by Gasteiger charge is -2.30. The number of halogens is 1. The lowest BCUT2D eigenvalue weighted by molar-refractivity contribution is -0.155. The Morgan fingerprint density at radius 2 is 1.92 bits per heavy atom. The van der Waals surface area contributed by atoms with E-state index in [4.69, 9.17) is 26.1 Å². The first-order valence-corrected chi connectivity index (χ1v) is 14.6. The van der Waals surface area contributed by atoms with Gasteiger partial charge >= 0.3 is 5.97 Å². The van der Waals surface area contributed by atoms with Gasteiger partial charge in [0, 0.05) is 43.6 Å². The van der Waals surface area contributed by atoms with Gasteiger partial charge in [0.05, 0.1) is 22.2 Å². The second kappa shape index (κ2) is 13.1. The van der Waals surface area contributed by atoms with Gasteiger partial charge in [0.25, 0.3) is 0 Å². The third-order valence-electron chi connectivity index (χ3n) is 7.87. The molecule has 0 unspecified atom stereocenters. The maximum atomic E-state index is 12.1. The minimum Gasteiger partial charge on any atom is -0.460 e. The van der Waals surface area contributed by atoms with Crippen molar-refractivity contribution >= 4 is 23.4 Å². The molecule has 0 bridgehead atoms. The molecule has 2 aliphatic rings. The molecule has 1 N–H and O–H groups in total. The Hall–Kier alpha value is -2.69. The van der Waals surface area contributed by atoms with Crippen molar-refractivity contribution in [2.45, 2.75) is 84.2 Å². The van der Waals surface area contributed by atoms with E-state index in [0.717, 1.165) is 74.1 Å². The van der Waals surface area contributed by atoms with Crippen LogP contribution in [0, 0.1) is 28.6 Å². The molecule has 1 aliphatic carbocycles. The molecule has 1 saturated heterocycles. The maximum Gasteiger partial charge on any atom is 0.306 e. The van der Waals surface area contributed by atoms with E-state index in [2.05, 4.69) is 22.4 Å². The normalized spacial score (nSPS) is 21.1. The van der Waals surface area contributed by atoms with E-state index in [1.54, 1.807) is 6.20 Å². The SMILES string of the molecule is CC(C)(C)OC(=O)CCC1CCC(Cc2cc(-c3cccc(NCC4(C#N)CCOCC4)n3)c(Cl)cn2)CC1. The molecule has 2 aromatic heterocycles. The number of pyridine rings is 2. The third kappa shape index (κ3) is 8.65. The summed E-state index contributed by atoms with van der Waals surface area (Å²) in [7, 11) is 0. The molecule has 0 spiro atoms. The lowest BCUT2D eigenvalue weighted by Crippen LogP contribution is -2.34. The molecule has 1 aliphatic heterocycles. The van der Waals surface area contributed by atoms with Crippen LogP contribution >= 0.6 is 11.6 Å². The molecule has 4 rings (SSSR count). The van der Waals surface area contributed by atoms with Gasteiger partial charge in [0.2, 0.25) is 0 Å². The van der Waals surface area contributed by atoms with E-state index in [0.29, 0.717) is 43.0 Å². The van der Waals surface area contributed by atoms with Gasteiger partial charge in [-0.25, -0.2) is 4.98 Å². The number of ether oxygens (including phenoxy) is 2. The molecular weight excluding hydrogens is 512 g/mol. The second-order valence-corrected chi connectivity index (χ2v) is 12.5. The van der Waals surface area contributed by atoms with Crippen molar-refractivity contribution in [1.82, 2.24) is 9.97 Å². The number of aromatic nitrogens is 2. The van der Waals surface area contributed by atoms with Crippen LogP contribution in [0.1, 0.15) is 77.8 Å². The van der Waals surface area contributed by atoms with E-state index in [-0.39, 0.29) is 5.97 Å². The Morgan fingerprint density at radius 3 is 2.62 bits per heavy atom. The van der Waals surface area contributed by atoms with Gasteiger partial charge in [-0.3, -0.25) is 9.78 Å². The average molecular weight is 553 g/mol. The number of hydrogen-bond acceptors (Lipinski definition) is 7. The van der Waals surface area contributed by atoms with Crippen LogP contribution in [0.3, 0.4) is 0 Å². The zero-order valence-electron chi connectivity index (χ0n) is 23.5. The van der Waals surface area contributed by atoms with Gasteiger partial charge in [-0.2, -0.15) is 5.26 Å². The molecule has 39 heavy (non-hydrogen) atoms. The number of nitrogens with one attached hydrogen (secondary N) is 1. The summed E-state index contributed by atoms with van der Waals surface area (Å²) in [5.74, 6) is 1.80. The zero-order valence-corrected chi connectivity index (χ0v) is 24.2. The number of carbonyl (C=O) groups is 1. The molecule has 7 nitrogen and oxygen atoms in total. The van der Waals surface area contributed by atoms with Crippen LogP contribution in [0.2, 0.25) is 5.02 Å². The van der Waals surface area contributed by atoms with E-state index in [1.165, 1.54) is 0 Å². The number of carbonyl (C=O) groups excluding carboxylic acids is 1. The predicted octanol–water partition coefficient (Wildman–Crippen LogP) is 7.00. The molecule has 8 heteroatoms. The number of nitriles is 1. The number of anilines is 1. The smallest absolute Gasteiger partial charge is 0.306 e. The van der Waals surface area contributed by atoms with Gasteiger partial charge in [-0.1, -0.05) is 30.5 Å². The molecule has 0 amide bonds. The molecule has 0 radical (unpaired) electrons. The molecular formula is C31H41ClN4O3. The van der Waals surface area contributed by atoms with Crippen LogP contribution in [0.5, 0.6) is 0 Å². The number of nitrogens with zero attached hydrogens (tertiary/aromatic N) is 3. The number of rotatable bonds is 9. The zero-order chi connectivity index (χ0) is 27.9. The van der Waals surface area contributed by atoms with Gasteiger partial charge in [0.1, 0.15) is 11.4 Å². The summed E-state index contributed by atoms with van der Waals surface area (Å²) < 4.78 is 10.9. The highest BCUT2D eigenvalue weighted by Gasteiger charge is 2.32. The Morgan fingerprint density at radius 1 is 1.21 bits per heavy atom. The topological polar surface area (TPSA) is 97.1 Å². The Balaban J connectivity index is 1.32. The Kier molecular flexibility index (Phi) is 9.85. The first kappa shape index (κ1) is 29.3. The van der Waals surface area contributed by atoms with Gasteiger partial charge in [0.15, 0.2) is 0 Å². The summed E-state index contributed by atoms with van der Waals surface area (Å²) in [5, 5.41) is 13.7. The quantitative estimate of drug-likeness (QED) is 0.334. The molecule has 2 fully saturated rings. The predicted molar refractivity (Wildman–Crippen MR) is 153 cm³/mol. The van der Waals surface area contributed by atoms with Crippen LogP contribution in [-0.2, 0) is 20.7 Å². The van der Waals surface area contributed by atoms with Crippen LogP contribution in [-0.4, -0.2) is 41.3 Å². The minimum atomic E-state index is -0.424. The highest BCUT2D eigenvalue weighted by atomic mass is 35.5. The lowest BCUT2D eigenvalue weighted by atomic mass is 9.78. The average Bonchev–Trinajstić information content (AvgIpc) is 2.92. The third-order valence-corrected chi connectivity index (χ3v) is 8.17. The monoisotopic (exact) mass is 552 g/mol. The molecule has 3 heterocycles. The van der Waals surface area contributed by atoms with Crippen molar-refractivity contribution in [3.05, 3.63) is 41.2 Å². The molecule has 1 saturated carbocycles. The first-order chi connectivity index (χ1) is 18.6. The minimum absolute atomic E-state index is 0.0939. The van der Waals surface area contributed by atoms with Crippen LogP contribution < -0.4 is 5.32 Å². The highest BCUT2D eigenvalue weighted by Crippen LogP contribution is 2.35. The summed E-state index contributed by atoms with van der Waals surface area (Å²) in [6.07, 6.45) is 10.1. The van der Waals surface area contributed by atoms with E-state index >= 15 is 0 Å².